The van der Waals surface area contributed by atoms with Crippen LogP contribution in [0.3, 0.4) is 0 Å². The molecule has 0 heterocycles. The standard InChI is InChI=1S/C4H4O4.C3H6O3.2CH2O3.3Ca.2Na.2H3O4P/c5-3(6)1-2-4(7)8;1-2(4)3(5)6;2*2-1(3)4;;;;;;2*1-5(2,3)4/h1-2H,(H,5,6)(H,7,8);2,4H,1H3,(H,5,6);2*(H2,2,3,4);;;;;;2*(H3,1,2,3,4)/q;;;;3*+2;2*+1;;/p-8/b2-1+;;;;;;;;;;. The summed E-state index contributed by atoms with van der Waals surface area (Å²) >= 11 is 0. The van der Waals surface area contributed by atoms with E-state index in [2.05, 4.69) is 0 Å². The largest absolute Gasteiger partial charge is 2.00 e. The smallest absolute Gasteiger partial charge is 0.822 e. The number of carboxylic acid groups (broad SMARTS) is 7. The van der Waals surface area contributed by atoms with Crippen LogP contribution in [-0.2, 0) is 23.5 Å². The monoisotopic (exact) mass is 684 g/mol. The number of hydrogen-bond donors (Lipinski definition) is 6. The minimum absolute atomic E-state index is 0. The van der Waals surface area contributed by atoms with Gasteiger partial charge in [-0.25, -0.2) is 14.4 Å². The molecular formula is C9H12Ca3Na2O21P2. The maximum absolute atomic E-state index is 9.55. The molecule has 21 nitrogen and oxygen atoms in total. The van der Waals surface area contributed by atoms with Crippen LogP contribution in [0.2, 0.25) is 0 Å². The second kappa shape index (κ2) is 45.6. The zero-order valence-electron chi connectivity index (χ0n) is 19.1. The molecule has 0 amide bonds. The predicted molar refractivity (Wildman–Crippen MR) is 92.3 cm³/mol. The van der Waals surface area contributed by atoms with E-state index in [0.717, 1.165) is 6.92 Å². The van der Waals surface area contributed by atoms with E-state index < -0.39 is 52.0 Å². The molecule has 192 valence electrons. The number of carbonyl (C=O) groups excluding carboxylic acids is 1. The van der Waals surface area contributed by atoms with Gasteiger partial charge in [0.05, 0.1) is 12.1 Å². The first kappa shape index (κ1) is 72.2. The first-order valence-corrected chi connectivity index (χ1v) is 8.96. The maximum atomic E-state index is 9.55. The van der Waals surface area contributed by atoms with Crippen LogP contribution in [0, 0.1) is 0 Å². The van der Waals surface area contributed by atoms with Crippen LogP contribution < -0.4 is 98.7 Å². The normalized spacial score (nSPS) is 8.76. The van der Waals surface area contributed by atoms with Crippen LogP contribution in [0.5, 0.6) is 0 Å². The van der Waals surface area contributed by atoms with Crippen molar-refractivity contribution in [1.82, 2.24) is 0 Å². The van der Waals surface area contributed by atoms with Crippen molar-refractivity contribution < 1.29 is 162 Å². The minimum atomic E-state index is -5.39. The Morgan fingerprint density at radius 2 is 0.730 bits per heavy atom. The molecule has 0 aliphatic heterocycles. The van der Waals surface area contributed by atoms with Crippen molar-refractivity contribution in [3.8, 4) is 0 Å². The molecule has 0 aliphatic carbocycles. The number of aliphatic carboxylic acids is 3. The molecule has 0 rings (SSSR count). The summed E-state index contributed by atoms with van der Waals surface area (Å²) in [7, 11) is -10.8. The van der Waals surface area contributed by atoms with Gasteiger partial charge in [0.15, 0.2) is 0 Å². The van der Waals surface area contributed by atoms with Crippen LogP contribution in [0.15, 0.2) is 12.2 Å². The quantitative estimate of drug-likeness (QED) is 0.0912. The molecule has 0 radical (unpaired) electrons. The van der Waals surface area contributed by atoms with Gasteiger partial charge in [0, 0.05) is 12.2 Å². The first-order chi connectivity index (χ1) is 13.7. The van der Waals surface area contributed by atoms with Gasteiger partial charge in [-0.05, 0) is 6.92 Å². The number of phosphoric acid groups is 2. The minimum Gasteiger partial charge on any atom is -0.822 e. The molecule has 0 aromatic heterocycles. The molecule has 0 aliphatic rings. The average molecular weight is 684 g/mol. The van der Waals surface area contributed by atoms with Crippen molar-refractivity contribution in [1.29, 1.82) is 0 Å². The summed E-state index contributed by atoms with van der Waals surface area (Å²) in [5.74, 6) is -3.95. The molecule has 37 heavy (non-hydrogen) atoms. The van der Waals surface area contributed by atoms with Crippen molar-refractivity contribution in [3.05, 3.63) is 12.2 Å². The third-order valence-electron chi connectivity index (χ3n) is 0.710. The Kier molecular flexibility index (Phi) is 89.0. The van der Waals surface area contributed by atoms with Gasteiger partial charge in [-0.15, -0.1) is 0 Å². The van der Waals surface area contributed by atoms with Gasteiger partial charge in [0.1, 0.15) is 0 Å². The Morgan fingerprint density at radius 1 is 0.649 bits per heavy atom. The first-order valence-electron chi connectivity index (χ1n) is 6.04. The number of aliphatic hydroxyl groups is 1. The Balaban J connectivity index is -0.0000000241. The summed E-state index contributed by atoms with van der Waals surface area (Å²) in [6.07, 6.45) is -4.14. The summed E-state index contributed by atoms with van der Waals surface area (Å²) < 4.78 is 17.1. The number of hydrogen-bond acceptors (Lipinski definition) is 16. The maximum Gasteiger partial charge on any atom is 2.00 e. The fraction of sp³-hybridized carbons (Fsp3) is 0.222. The Hall–Kier alpha value is 2.65. The Morgan fingerprint density at radius 3 is 0.757 bits per heavy atom. The summed E-state index contributed by atoms with van der Waals surface area (Å²) in [5.41, 5.74) is 0. The van der Waals surface area contributed by atoms with E-state index in [1.807, 2.05) is 0 Å². The molecule has 0 aromatic carbocycles. The predicted octanol–water partition coefficient (Wildman–Crippen LogP) is -15.8. The second-order valence-corrected chi connectivity index (χ2v) is 5.24. The van der Waals surface area contributed by atoms with Gasteiger partial charge in [-0.2, -0.15) is 15.6 Å². The van der Waals surface area contributed by atoms with Gasteiger partial charge >= 0.3 is 190 Å². The van der Waals surface area contributed by atoms with E-state index in [-0.39, 0.29) is 172 Å². The molecule has 0 saturated carbocycles. The molecule has 1 atom stereocenters. The zero-order valence-corrected chi connectivity index (χ0v) is 31.5. The number of carbonyl (C=O) groups is 5. The average Bonchev–Trinajstić information content (AvgIpc) is 2.40. The fourth-order valence-electron chi connectivity index (χ4n) is 0.143. The van der Waals surface area contributed by atoms with Crippen LogP contribution >= 0.6 is 15.6 Å². The fourth-order valence-corrected chi connectivity index (χ4v) is 0.143. The van der Waals surface area contributed by atoms with E-state index in [1.165, 1.54) is 0 Å². The molecule has 0 aromatic rings. The topological polar surface area (TPSA) is 425 Å². The van der Waals surface area contributed by atoms with Crippen LogP contribution in [0.25, 0.3) is 0 Å². The van der Waals surface area contributed by atoms with Gasteiger partial charge < -0.3 is 88.9 Å². The second-order valence-electron chi connectivity index (χ2n) is 3.45. The van der Waals surface area contributed by atoms with E-state index in [0.29, 0.717) is 12.2 Å². The molecule has 1 unspecified atom stereocenters. The number of rotatable bonds is 3. The number of aliphatic hydroxyl groups excluding tert-OH is 1. The zero-order chi connectivity index (χ0) is 27.9. The van der Waals surface area contributed by atoms with Crippen LogP contribution in [0.1, 0.15) is 6.92 Å². The third kappa shape index (κ3) is 383. The van der Waals surface area contributed by atoms with Crippen molar-refractivity contribution >= 4 is 159 Å². The van der Waals surface area contributed by atoms with Crippen LogP contribution in [-0.4, -0.2) is 180 Å². The van der Waals surface area contributed by atoms with E-state index >= 15 is 0 Å². The summed E-state index contributed by atoms with van der Waals surface area (Å²) in [5, 5.41) is 62.2. The van der Waals surface area contributed by atoms with Crippen molar-refractivity contribution in [2.45, 2.75) is 13.0 Å². The molecule has 0 fully saturated rings. The molecule has 0 spiro atoms. The molecule has 6 N–H and O–H groups in total. The number of carboxylic acids is 3. The third-order valence-corrected chi connectivity index (χ3v) is 0.710. The van der Waals surface area contributed by atoms with Gasteiger partial charge in [0.2, 0.25) is 6.16 Å². The molecule has 28 heteroatoms. The van der Waals surface area contributed by atoms with E-state index in [4.69, 9.17) is 83.8 Å². The SMILES string of the molecule is CC(O)C(=O)[O-].O=C(O)/C=C/C(=O)O.O=C(O)O.O=C([O-])O.O=P([O-])([O-])[O-].O=P([O-])([O-])[O-].[Ca+2].[Ca+2].[Ca+2].[Na+].[Na+]. The van der Waals surface area contributed by atoms with E-state index in [9.17, 15) is 19.5 Å². The van der Waals surface area contributed by atoms with Crippen molar-refractivity contribution in [2.24, 2.45) is 0 Å². The Bertz CT molecular complexity index is 620. The summed E-state index contributed by atoms with van der Waals surface area (Å²) in [6, 6.07) is 0. The summed E-state index contributed by atoms with van der Waals surface area (Å²) in [6.45, 7) is 1.13. The van der Waals surface area contributed by atoms with Crippen molar-refractivity contribution in [2.75, 3.05) is 0 Å². The molecular weight excluding hydrogens is 672 g/mol. The Labute approximate surface area is 340 Å². The summed E-state index contributed by atoms with van der Waals surface area (Å²) in [4.78, 5) is 96.7. The van der Waals surface area contributed by atoms with Gasteiger partial charge in [0.25, 0.3) is 0 Å². The van der Waals surface area contributed by atoms with Crippen LogP contribution in [0.4, 0.5) is 9.59 Å². The van der Waals surface area contributed by atoms with E-state index in [1.54, 1.807) is 0 Å². The molecule has 0 saturated heterocycles. The molecule has 0 bridgehead atoms. The van der Waals surface area contributed by atoms with Gasteiger partial charge in [-0.1, -0.05) is 0 Å². The van der Waals surface area contributed by atoms with Gasteiger partial charge in [-0.3, -0.25) is 0 Å². The van der Waals surface area contributed by atoms with Crippen molar-refractivity contribution in [3.63, 3.8) is 0 Å².